The number of nitro benzene ring substituents is 1. The summed E-state index contributed by atoms with van der Waals surface area (Å²) in [6.07, 6.45) is 0. The molecule has 6 heteroatoms. The molecule has 0 N–H and O–H groups in total. The molecule has 0 amide bonds. The van der Waals surface area contributed by atoms with Crippen LogP contribution in [0.1, 0.15) is 5.01 Å². The van der Waals surface area contributed by atoms with Gasteiger partial charge in [-0.3, -0.25) is 10.1 Å². The first-order valence-electron chi connectivity index (χ1n) is 5.40. The van der Waals surface area contributed by atoms with Gasteiger partial charge in [0.05, 0.1) is 10.6 Å². The molecule has 0 aliphatic rings. The summed E-state index contributed by atoms with van der Waals surface area (Å²) in [5, 5.41) is 13.6. The minimum absolute atomic E-state index is 0.0995. The van der Waals surface area contributed by atoms with Crippen LogP contribution in [-0.4, -0.2) is 28.9 Å². The van der Waals surface area contributed by atoms with Gasteiger partial charge in [-0.15, -0.1) is 11.3 Å². The van der Waals surface area contributed by atoms with E-state index in [9.17, 15) is 10.1 Å². The minimum atomic E-state index is -0.400. The highest BCUT2D eigenvalue weighted by atomic mass is 32.1. The van der Waals surface area contributed by atoms with Crippen LogP contribution in [0.3, 0.4) is 0 Å². The Bertz CT molecular complexity index is 549. The lowest BCUT2D eigenvalue weighted by Crippen LogP contribution is -2.10. The number of nitrogens with zero attached hydrogens (tertiary/aromatic N) is 3. The standard InChI is InChI=1S/C12H13N3O2S/c1-14(2)7-12-13-11(8-18-12)9-3-5-10(6-4-9)15(16)17/h3-6,8H,7H2,1-2H3. The summed E-state index contributed by atoms with van der Waals surface area (Å²) < 4.78 is 0. The van der Waals surface area contributed by atoms with Crippen molar-refractivity contribution < 1.29 is 4.92 Å². The molecule has 0 saturated carbocycles. The fraction of sp³-hybridized carbons (Fsp3) is 0.250. The van der Waals surface area contributed by atoms with Gasteiger partial charge < -0.3 is 4.90 Å². The van der Waals surface area contributed by atoms with Crippen molar-refractivity contribution in [2.45, 2.75) is 6.54 Å². The summed E-state index contributed by atoms with van der Waals surface area (Å²) in [5.41, 5.74) is 1.87. The van der Waals surface area contributed by atoms with Crippen molar-refractivity contribution in [3.63, 3.8) is 0 Å². The third-order valence-corrected chi connectivity index (χ3v) is 3.21. The Kier molecular flexibility index (Phi) is 3.69. The van der Waals surface area contributed by atoms with Gasteiger partial charge in [0.25, 0.3) is 5.69 Å². The van der Waals surface area contributed by atoms with Crippen molar-refractivity contribution in [1.29, 1.82) is 0 Å². The van der Waals surface area contributed by atoms with E-state index in [4.69, 9.17) is 0 Å². The maximum absolute atomic E-state index is 10.6. The minimum Gasteiger partial charge on any atom is -0.303 e. The molecular formula is C12H13N3O2S. The molecule has 0 spiro atoms. The molecule has 0 radical (unpaired) electrons. The van der Waals surface area contributed by atoms with Gasteiger partial charge in [0, 0.05) is 29.6 Å². The molecule has 94 valence electrons. The molecule has 2 aromatic rings. The number of non-ortho nitro benzene ring substituents is 1. The van der Waals surface area contributed by atoms with Crippen LogP contribution in [-0.2, 0) is 6.54 Å². The molecule has 0 fully saturated rings. The summed E-state index contributed by atoms with van der Waals surface area (Å²) in [5.74, 6) is 0. The summed E-state index contributed by atoms with van der Waals surface area (Å²) in [4.78, 5) is 16.7. The van der Waals surface area contributed by atoms with Crippen LogP contribution in [0, 0.1) is 10.1 Å². The van der Waals surface area contributed by atoms with E-state index in [1.165, 1.54) is 12.1 Å². The topological polar surface area (TPSA) is 59.3 Å². The Morgan fingerprint density at radius 2 is 2.00 bits per heavy atom. The van der Waals surface area contributed by atoms with Gasteiger partial charge in [-0.1, -0.05) is 0 Å². The molecule has 0 unspecified atom stereocenters. The number of hydrogen-bond acceptors (Lipinski definition) is 5. The van der Waals surface area contributed by atoms with Gasteiger partial charge in [0.15, 0.2) is 0 Å². The Morgan fingerprint density at radius 1 is 1.33 bits per heavy atom. The molecule has 0 bridgehead atoms. The molecule has 0 saturated heterocycles. The molecule has 1 aromatic carbocycles. The van der Waals surface area contributed by atoms with E-state index in [1.807, 2.05) is 19.5 Å². The first-order valence-corrected chi connectivity index (χ1v) is 6.28. The highest BCUT2D eigenvalue weighted by Gasteiger charge is 2.08. The number of aromatic nitrogens is 1. The van der Waals surface area contributed by atoms with E-state index in [-0.39, 0.29) is 5.69 Å². The van der Waals surface area contributed by atoms with E-state index in [0.717, 1.165) is 22.8 Å². The van der Waals surface area contributed by atoms with Gasteiger partial charge in [0.2, 0.25) is 0 Å². The van der Waals surface area contributed by atoms with Crippen LogP contribution < -0.4 is 0 Å². The van der Waals surface area contributed by atoms with E-state index < -0.39 is 4.92 Å². The molecule has 1 aromatic heterocycles. The smallest absolute Gasteiger partial charge is 0.269 e. The molecule has 0 atom stereocenters. The van der Waals surface area contributed by atoms with Gasteiger partial charge in [0.1, 0.15) is 5.01 Å². The average molecular weight is 263 g/mol. The van der Waals surface area contributed by atoms with Gasteiger partial charge in [-0.25, -0.2) is 4.98 Å². The van der Waals surface area contributed by atoms with Gasteiger partial charge in [-0.2, -0.15) is 0 Å². The van der Waals surface area contributed by atoms with E-state index in [2.05, 4.69) is 9.88 Å². The second kappa shape index (κ2) is 5.24. The Hall–Kier alpha value is -1.79. The van der Waals surface area contributed by atoms with Crippen LogP contribution in [0.2, 0.25) is 0 Å². The largest absolute Gasteiger partial charge is 0.303 e. The number of hydrogen-bond donors (Lipinski definition) is 0. The average Bonchev–Trinajstić information content (AvgIpc) is 2.76. The lowest BCUT2D eigenvalue weighted by molar-refractivity contribution is -0.384. The van der Waals surface area contributed by atoms with Crippen molar-refractivity contribution in [2.24, 2.45) is 0 Å². The van der Waals surface area contributed by atoms with Crippen LogP contribution >= 0.6 is 11.3 Å². The van der Waals surface area contributed by atoms with Crippen LogP contribution in [0.4, 0.5) is 5.69 Å². The predicted octanol–water partition coefficient (Wildman–Crippen LogP) is 2.78. The van der Waals surface area contributed by atoms with E-state index >= 15 is 0 Å². The van der Waals surface area contributed by atoms with Crippen molar-refractivity contribution in [2.75, 3.05) is 14.1 Å². The number of nitro groups is 1. The third-order valence-electron chi connectivity index (χ3n) is 2.38. The molecule has 0 aliphatic carbocycles. The predicted molar refractivity (Wildman–Crippen MR) is 71.6 cm³/mol. The van der Waals surface area contributed by atoms with Crippen molar-refractivity contribution in [3.05, 3.63) is 44.8 Å². The summed E-state index contributed by atoms with van der Waals surface area (Å²) in [6, 6.07) is 6.46. The summed E-state index contributed by atoms with van der Waals surface area (Å²) >= 11 is 1.60. The fourth-order valence-electron chi connectivity index (χ4n) is 1.54. The molecule has 1 heterocycles. The molecule has 2 rings (SSSR count). The molecular weight excluding hydrogens is 250 g/mol. The third kappa shape index (κ3) is 2.91. The normalized spacial score (nSPS) is 10.8. The quantitative estimate of drug-likeness (QED) is 0.628. The first kappa shape index (κ1) is 12.7. The van der Waals surface area contributed by atoms with Crippen molar-refractivity contribution in [1.82, 2.24) is 9.88 Å². The highest BCUT2D eigenvalue weighted by Crippen LogP contribution is 2.24. The van der Waals surface area contributed by atoms with Gasteiger partial charge in [-0.05, 0) is 26.2 Å². The van der Waals surface area contributed by atoms with E-state index in [0.29, 0.717) is 0 Å². The van der Waals surface area contributed by atoms with Gasteiger partial charge >= 0.3 is 0 Å². The zero-order valence-electron chi connectivity index (χ0n) is 10.2. The van der Waals surface area contributed by atoms with E-state index in [1.54, 1.807) is 23.5 Å². The van der Waals surface area contributed by atoms with Crippen molar-refractivity contribution >= 4 is 17.0 Å². The number of benzene rings is 1. The Labute approximate surface area is 109 Å². The Morgan fingerprint density at radius 3 is 2.56 bits per heavy atom. The zero-order chi connectivity index (χ0) is 13.1. The Balaban J connectivity index is 2.20. The monoisotopic (exact) mass is 263 g/mol. The number of thiazole rings is 1. The molecule has 5 nitrogen and oxygen atoms in total. The molecule has 0 aliphatic heterocycles. The zero-order valence-corrected chi connectivity index (χ0v) is 11.0. The van der Waals surface area contributed by atoms with Crippen molar-refractivity contribution in [3.8, 4) is 11.3 Å². The second-order valence-electron chi connectivity index (χ2n) is 4.17. The maximum Gasteiger partial charge on any atom is 0.269 e. The highest BCUT2D eigenvalue weighted by molar-refractivity contribution is 7.09. The fourth-order valence-corrected chi connectivity index (χ4v) is 2.46. The lowest BCUT2D eigenvalue weighted by Gasteiger charge is -2.05. The summed E-state index contributed by atoms with van der Waals surface area (Å²) in [7, 11) is 3.99. The number of rotatable bonds is 4. The maximum atomic E-state index is 10.6. The second-order valence-corrected chi connectivity index (χ2v) is 5.11. The summed E-state index contributed by atoms with van der Waals surface area (Å²) in [6.45, 7) is 0.803. The first-order chi connectivity index (χ1) is 8.56. The molecule has 18 heavy (non-hydrogen) atoms. The SMILES string of the molecule is CN(C)Cc1nc(-c2ccc([N+](=O)[O-])cc2)cs1. The van der Waals surface area contributed by atoms with Crippen LogP contribution in [0.5, 0.6) is 0 Å². The lowest BCUT2D eigenvalue weighted by atomic mass is 10.1. The van der Waals surface area contributed by atoms with Crippen LogP contribution in [0.15, 0.2) is 29.6 Å². The van der Waals surface area contributed by atoms with Crippen LogP contribution in [0.25, 0.3) is 11.3 Å².